The number of carbonyl (C=O) groups excluding carboxylic acids is 1. The molecule has 1 saturated heterocycles. The zero-order valence-electron chi connectivity index (χ0n) is 7.37. The van der Waals surface area contributed by atoms with Crippen molar-refractivity contribution in [2.24, 2.45) is 0 Å². The SMILES string of the molecule is Nc1cc(F)ccc1N1CCOC1=O. The molecule has 1 aliphatic rings. The predicted molar refractivity (Wildman–Crippen MR) is 49.5 cm³/mol. The van der Waals surface area contributed by atoms with Gasteiger partial charge in [0, 0.05) is 0 Å². The fraction of sp³-hybridized carbons (Fsp3) is 0.222. The van der Waals surface area contributed by atoms with Crippen molar-refractivity contribution in [3.8, 4) is 0 Å². The number of hydrogen-bond donors (Lipinski definition) is 1. The number of carbonyl (C=O) groups is 1. The highest BCUT2D eigenvalue weighted by molar-refractivity contribution is 5.92. The highest BCUT2D eigenvalue weighted by Crippen LogP contribution is 2.26. The van der Waals surface area contributed by atoms with Gasteiger partial charge in [0.05, 0.1) is 17.9 Å². The Morgan fingerprint density at radius 2 is 2.29 bits per heavy atom. The van der Waals surface area contributed by atoms with Crippen LogP contribution in [0.5, 0.6) is 0 Å². The van der Waals surface area contributed by atoms with Gasteiger partial charge in [0.15, 0.2) is 0 Å². The number of ether oxygens (including phenoxy) is 1. The number of halogens is 1. The van der Waals surface area contributed by atoms with Gasteiger partial charge in [-0.3, -0.25) is 4.90 Å². The third-order valence-corrected chi connectivity index (χ3v) is 2.04. The Balaban J connectivity index is 2.36. The lowest BCUT2D eigenvalue weighted by atomic mass is 10.2. The number of anilines is 2. The van der Waals surface area contributed by atoms with Crippen LogP contribution in [0, 0.1) is 5.82 Å². The molecule has 74 valence electrons. The third kappa shape index (κ3) is 1.37. The molecule has 2 N–H and O–H groups in total. The molecule has 14 heavy (non-hydrogen) atoms. The second-order valence-electron chi connectivity index (χ2n) is 2.97. The summed E-state index contributed by atoms with van der Waals surface area (Å²) in [5.41, 5.74) is 6.31. The number of hydrogen-bond acceptors (Lipinski definition) is 3. The van der Waals surface area contributed by atoms with Crippen LogP contribution in [0.3, 0.4) is 0 Å². The van der Waals surface area contributed by atoms with Gasteiger partial charge in [-0.25, -0.2) is 9.18 Å². The molecular formula is C9H9FN2O2. The van der Waals surface area contributed by atoms with E-state index in [-0.39, 0.29) is 5.69 Å². The Morgan fingerprint density at radius 1 is 1.50 bits per heavy atom. The minimum atomic E-state index is -0.441. The maximum Gasteiger partial charge on any atom is 0.414 e. The Labute approximate surface area is 80.1 Å². The van der Waals surface area contributed by atoms with Gasteiger partial charge in [0.2, 0.25) is 0 Å². The van der Waals surface area contributed by atoms with Crippen molar-refractivity contribution in [2.75, 3.05) is 23.8 Å². The molecule has 0 unspecified atom stereocenters. The van der Waals surface area contributed by atoms with Crippen molar-refractivity contribution in [1.82, 2.24) is 0 Å². The van der Waals surface area contributed by atoms with Gasteiger partial charge in [-0.1, -0.05) is 0 Å². The summed E-state index contributed by atoms with van der Waals surface area (Å²) in [7, 11) is 0. The quantitative estimate of drug-likeness (QED) is 0.690. The Kier molecular flexibility index (Phi) is 1.99. The summed E-state index contributed by atoms with van der Waals surface area (Å²) in [6.07, 6.45) is -0.441. The Hall–Kier alpha value is -1.78. The zero-order chi connectivity index (χ0) is 10.1. The van der Waals surface area contributed by atoms with E-state index >= 15 is 0 Å². The largest absolute Gasteiger partial charge is 0.447 e. The predicted octanol–water partition coefficient (Wildman–Crippen LogP) is 1.36. The standard InChI is InChI=1S/C9H9FN2O2/c10-6-1-2-8(7(11)5-6)12-3-4-14-9(12)13/h1-2,5H,3-4,11H2. The highest BCUT2D eigenvalue weighted by Gasteiger charge is 2.25. The summed E-state index contributed by atoms with van der Waals surface area (Å²) in [6, 6.07) is 3.91. The van der Waals surface area contributed by atoms with Gasteiger partial charge >= 0.3 is 6.09 Å². The summed E-state index contributed by atoms with van der Waals surface area (Å²) >= 11 is 0. The third-order valence-electron chi connectivity index (χ3n) is 2.04. The molecular weight excluding hydrogens is 187 g/mol. The minimum absolute atomic E-state index is 0.240. The van der Waals surface area contributed by atoms with Crippen LogP contribution in [0.4, 0.5) is 20.6 Å². The molecule has 0 saturated carbocycles. The number of amides is 1. The average molecular weight is 196 g/mol. The first-order chi connectivity index (χ1) is 6.68. The topological polar surface area (TPSA) is 55.6 Å². The van der Waals surface area contributed by atoms with Crippen molar-refractivity contribution in [3.05, 3.63) is 24.0 Å². The molecule has 0 bridgehead atoms. The molecule has 1 amide bonds. The smallest absolute Gasteiger partial charge is 0.414 e. The number of nitrogens with zero attached hydrogens (tertiary/aromatic N) is 1. The first kappa shape index (κ1) is 8.80. The molecule has 4 nitrogen and oxygen atoms in total. The fourth-order valence-corrected chi connectivity index (χ4v) is 1.38. The Bertz CT molecular complexity index is 381. The van der Waals surface area contributed by atoms with Crippen LogP contribution in [0.1, 0.15) is 0 Å². The molecule has 0 radical (unpaired) electrons. The molecule has 0 spiro atoms. The van der Waals surface area contributed by atoms with Crippen LogP contribution in [0.15, 0.2) is 18.2 Å². The fourth-order valence-electron chi connectivity index (χ4n) is 1.38. The summed E-state index contributed by atoms with van der Waals surface area (Å²) in [5, 5.41) is 0. The lowest BCUT2D eigenvalue weighted by Crippen LogP contribution is -2.24. The number of nitrogen functional groups attached to an aromatic ring is 1. The molecule has 0 aliphatic carbocycles. The van der Waals surface area contributed by atoms with Crippen molar-refractivity contribution >= 4 is 17.5 Å². The van der Waals surface area contributed by atoms with Crippen molar-refractivity contribution < 1.29 is 13.9 Å². The number of cyclic esters (lactones) is 1. The normalized spacial score (nSPS) is 15.8. The van der Waals surface area contributed by atoms with E-state index in [4.69, 9.17) is 10.5 Å². The maximum absolute atomic E-state index is 12.7. The van der Waals surface area contributed by atoms with E-state index in [0.717, 1.165) is 0 Å². The average Bonchev–Trinajstić information content (AvgIpc) is 2.52. The molecule has 1 heterocycles. The molecule has 1 aromatic rings. The van der Waals surface area contributed by atoms with Crippen LogP contribution >= 0.6 is 0 Å². The van der Waals surface area contributed by atoms with E-state index in [9.17, 15) is 9.18 Å². The molecule has 1 fully saturated rings. The van der Waals surface area contributed by atoms with E-state index in [0.29, 0.717) is 18.8 Å². The zero-order valence-corrected chi connectivity index (χ0v) is 7.37. The first-order valence-corrected chi connectivity index (χ1v) is 4.18. The van der Waals surface area contributed by atoms with Gasteiger partial charge in [0.1, 0.15) is 12.4 Å². The highest BCUT2D eigenvalue weighted by atomic mass is 19.1. The van der Waals surface area contributed by atoms with Crippen molar-refractivity contribution in [1.29, 1.82) is 0 Å². The van der Waals surface area contributed by atoms with Crippen LogP contribution in [0.2, 0.25) is 0 Å². The van der Waals surface area contributed by atoms with Gasteiger partial charge in [-0.15, -0.1) is 0 Å². The van der Waals surface area contributed by atoms with Gasteiger partial charge in [0.25, 0.3) is 0 Å². The van der Waals surface area contributed by atoms with Crippen molar-refractivity contribution in [2.45, 2.75) is 0 Å². The maximum atomic E-state index is 12.7. The van der Waals surface area contributed by atoms with E-state index < -0.39 is 11.9 Å². The van der Waals surface area contributed by atoms with Crippen molar-refractivity contribution in [3.63, 3.8) is 0 Å². The molecule has 1 aromatic carbocycles. The first-order valence-electron chi connectivity index (χ1n) is 4.18. The van der Waals surface area contributed by atoms with Crippen LogP contribution in [-0.4, -0.2) is 19.2 Å². The summed E-state index contributed by atoms with van der Waals surface area (Å²) in [6.45, 7) is 0.796. The molecule has 1 aliphatic heterocycles. The minimum Gasteiger partial charge on any atom is -0.447 e. The van der Waals surface area contributed by atoms with Gasteiger partial charge in [-0.2, -0.15) is 0 Å². The van der Waals surface area contributed by atoms with Crippen LogP contribution in [0.25, 0.3) is 0 Å². The molecule has 5 heteroatoms. The summed E-state index contributed by atoms with van der Waals surface area (Å²) in [4.78, 5) is 12.5. The monoisotopic (exact) mass is 196 g/mol. The Morgan fingerprint density at radius 3 is 2.86 bits per heavy atom. The van der Waals surface area contributed by atoms with Gasteiger partial charge in [-0.05, 0) is 18.2 Å². The van der Waals surface area contributed by atoms with Gasteiger partial charge < -0.3 is 10.5 Å². The second kappa shape index (κ2) is 3.17. The van der Waals surface area contributed by atoms with Crippen LogP contribution in [-0.2, 0) is 4.74 Å². The lowest BCUT2D eigenvalue weighted by Gasteiger charge is -2.14. The number of benzene rings is 1. The number of rotatable bonds is 1. The molecule has 0 atom stereocenters. The summed E-state index contributed by atoms with van der Waals surface area (Å²) in [5.74, 6) is -0.418. The molecule has 2 rings (SSSR count). The summed E-state index contributed by atoms with van der Waals surface area (Å²) < 4.78 is 17.5. The number of nitrogens with two attached hydrogens (primary N) is 1. The second-order valence-corrected chi connectivity index (χ2v) is 2.97. The lowest BCUT2D eigenvalue weighted by molar-refractivity contribution is 0.181. The van der Waals surface area contributed by atoms with Crippen LogP contribution < -0.4 is 10.6 Å². The van der Waals surface area contributed by atoms with E-state index in [2.05, 4.69) is 0 Å². The molecule has 0 aromatic heterocycles. The van der Waals surface area contributed by atoms with E-state index in [1.165, 1.54) is 23.1 Å². The van der Waals surface area contributed by atoms with E-state index in [1.54, 1.807) is 0 Å². The van der Waals surface area contributed by atoms with E-state index in [1.807, 2.05) is 0 Å².